The minimum absolute atomic E-state index is 0.322. The molecule has 0 saturated heterocycles. The molecule has 5 nitrogen and oxygen atoms in total. The molecular weight excluding hydrogens is 331 g/mol. The topological polar surface area (TPSA) is 62.8 Å². The van der Waals surface area contributed by atoms with Gasteiger partial charge in [-0.15, -0.1) is 0 Å². The molecule has 0 aliphatic carbocycles. The number of aromatic nitrogens is 3. The number of rotatable bonds is 4. The summed E-state index contributed by atoms with van der Waals surface area (Å²) in [5.41, 5.74) is 1.93. The molecule has 0 aliphatic rings. The van der Waals surface area contributed by atoms with Crippen LogP contribution in [0.5, 0.6) is 5.75 Å². The van der Waals surface area contributed by atoms with E-state index in [1.807, 2.05) is 37.3 Å². The molecule has 0 unspecified atom stereocenters. The van der Waals surface area contributed by atoms with Crippen LogP contribution in [0.2, 0.25) is 0 Å². The average Bonchev–Trinajstić information content (AvgIpc) is 3.06. The van der Waals surface area contributed by atoms with Crippen molar-refractivity contribution >= 4 is 22.4 Å². The number of anilines is 2. The van der Waals surface area contributed by atoms with Crippen LogP contribution in [0.4, 0.5) is 16.0 Å². The molecule has 2 aromatic carbocycles. The molecule has 2 N–H and O–H groups in total. The van der Waals surface area contributed by atoms with E-state index in [2.05, 4.69) is 20.5 Å². The van der Waals surface area contributed by atoms with Crippen LogP contribution in [0.15, 0.2) is 54.6 Å². The highest BCUT2D eigenvalue weighted by Crippen LogP contribution is 2.33. The largest absolute Gasteiger partial charge is 0.497 e. The highest BCUT2D eigenvalue weighted by molar-refractivity contribution is 5.97. The van der Waals surface area contributed by atoms with Crippen molar-refractivity contribution in [2.24, 2.45) is 0 Å². The number of aryl methyl sites for hydroxylation is 1. The number of benzene rings is 2. The molecule has 26 heavy (non-hydrogen) atoms. The van der Waals surface area contributed by atoms with Gasteiger partial charge in [0.2, 0.25) is 0 Å². The Morgan fingerprint density at radius 2 is 1.88 bits per heavy atom. The molecule has 0 amide bonds. The highest BCUT2D eigenvalue weighted by Gasteiger charge is 2.13. The Hall–Kier alpha value is -3.41. The van der Waals surface area contributed by atoms with Crippen LogP contribution in [0.3, 0.4) is 0 Å². The predicted molar refractivity (Wildman–Crippen MR) is 100 cm³/mol. The number of hydrogen-bond donors (Lipinski definition) is 2. The Balaban J connectivity index is 1.91. The molecule has 4 aromatic rings. The van der Waals surface area contributed by atoms with Crippen LogP contribution < -0.4 is 10.1 Å². The van der Waals surface area contributed by atoms with Crippen molar-refractivity contribution in [1.29, 1.82) is 0 Å². The minimum atomic E-state index is -0.322. The highest BCUT2D eigenvalue weighted by atomic mass is 19.1. The molecule has 2 aromatic heterocycles. The Labute approximate surface area is 149 Å². The Morgan fingerprint density at radius 1 is 1.04 bits per heavy atom. The summed E-state index contributed by atoms with van der Waals surface area (Å²) < 4.78 is 19.8. The van der Waals surface area contributed by atoms with E-state index in [1.165, 1.54) is 6.07 Å². The first kappa shape index (κ1) is 16.1. The summed E-state index contributed by atoms with van der Waals surface area (Å²) in [4.78, 5) is 4.65. The lowest BCUT2D eigenvalue weighted by Gasteiger charge is -2.12. The van der Waals surface area contributed by atoms with E-state index in [9.17, 15) is 4.39 Å². The zero-order chi connectivity index (χ0) is 18.1. The van der Waals surface area contributed by atoms with Gasteiger partial charge in [-0.3, -0.25) is 5.10 Å². The third kappa shape index (κ3) is 2.97. The van der Waals surface area contributed by atoms with Gasteiger partial charge in [0.1, 0.15) is 17.4 Å². The summed E-state index contributed by atoms with van der Waals surface area (Å²) in [5, 5.41) is 12.0. The van der Waals surface area contributed by atoms with Crippen LogP contribution in [0.1, 0.15) is 5.69 Å². The van der Waals surface area contributed by atoms with E-state index in [4.69, 9.17) is 4.74 Å². The van der Waals surface area contributed by atoms with Crippen molar-refractivity contribution in [3.63, 3.8) is 0 Å². The van der Waals surface area contributed by atoms with Gasteiger partial charge >= 0.3 is 0 Å². The number of fused-ring (bicyclic) bond motifs is 1. The van der Waals surface area contributed by atoms with Crippen molar-refractivity contribution in [3.05, 3.63) is 66.1 Å². The molecule has 0 fully saturated rings. The van der Waals surface area contributed by atoms with Crippen molar-refractivity contribution in [2.75, 3.05) is 12.4 Å². The van der Waals surface area contributed by atoms with E-state index in [-0.39, 0.29) is 5.82 Å². The normalized spacial score (nSPS) is 10.9. The molecule has 4 rings (SSSR count). The van der Waals surface area contributed by atoms with Crippen molar-refractivity contribution in [2.45, 2.75) is 6.92 Å². The van der Waals surface area contributed by atoms with Gasteiger partial charge in [-0.2, -0.15) is 5.10 Å². The van der Waals surface area contributed by atoms with Crippen LogP contribution in [0.25, 0.3) is 22.0 Å². The van der Waals surface area contributed by atoms with Crippen LogP contribution in [-0.2, 0) is 0 Å². The van der Waals surface area contributed by atoms with E-state index in [1.54, 1.807) is 25.3 Å². The van der Waals surface area contributed by atoms with E-state index in [0.717, 1.165) is 16.5 Å². The lowest BCUT2D eigenvalue weighted by Crippen LogP contribution is -1.98. The summed E-state index contributed by atoms with van der Waals surface area (Å²) in [6.07, 6.45) is 0. The number of methoxy groups -OCH3 is 1. The third-order valence-corrected chi connectivity index (χ3v) is 4.13. The van der Waals surface area contributed by atoms with Gasteiger partial charge in [0, 0.05) is 22.7 Å². The van der Waals surface area contributed by atoms with Crippen LogP contribution in [0, 0.1) is 12.7 Å². The average molecular weight is 348 g/mol. The van der Waals surface area contributed by atoms with Gasteiger partial charge in [0.25, 0.3) is 0 Å². The van der Waals surface area contributed by atoms with Crippen molar-refractivity contribution in [3.8, 4) is 17.0 Å². The lowest BCUT2D eigenvalue weighted by atomic mass is 10.0. The molecule has 0 radical (unpaired) electrons. The number of pyridine rings is 1. The molecule has 0 atom stereocenters. The second-order valence-corrected chi connectivity index (χ2v) is 5.98. The second kappa shape index (κ2) is 6.48. The standard InChI is InChI=1S/C20H17FN4O/c1-12-9-19(25-24-12)22-18-10-13-7-8-14(26-2)11-16(13)20(23-18)15-5-3-4-6-17(15)21/h3-11H,1-2H3,(H2,22,23,24,25). The maximum atomic E-state index is 14.4. The zero-order valence-electron chi connectivity index (χ0n) is 14.4. The first-order valence-corrected chi connectivity index (χ1v) is 8.17. The minimum Gasteiger partial charge on any atom is -0.497 e. The molecule has 130 valence electrons. The molecule has 0 spiro atoms. The lowest BCUT2D eigenvalue weighted by molar-refractivity contribution is 0.415. The summed E-state index contributed by atoms with van der Waals surface area (Å²) in [6.45, 7) is 1.92. The van der Waals surface area contributed by atoms with E-state index >= 15 is 0 Å². The maximum absolute atomic E-state index is 14.4. The number of ether oxygens (including phenoxy) is 1. The van der Waals surface area contributed by atoms with Gasteiger partial charge in [0.15, 0.2) is 5.82 Å². The summed E-state index contributed by atoms with van der Waals surface area (Å²) in [6, 6.07) is 16.1. The third-order valence-electron chi connectivity index (χ3n) is 4.13. The number of halogens is 1. The fraction of sp³-hybridized carbons (Fsp3) is 0.100. The molecule has 6 heteroatoms. The molecule has 0 aliphatic heterocycles. The van der Waals surface area contributed by atoms with Gasteiger partial charge in [-0.05, 0) is 42.6 Å². The van der Waals surface area contributed by atoms with Gasteiger partial charge in [-0.25, -0.2) is 9.37 Å². The summed E-state index contributed by atoms with van der Waals surface area (Å²) in [5.74, 6) is 1.62. The molecular formula is C20H17FN4O. The van der Waals surface area contributed by atoms with Crippen molar-refractivity contribution in [1.82, 2.24) is 15.2 Å². The monoisotopic (exact) mass is 348 g/mol. The summed E-state index contributed by atoms with van der Waals surface area (Å²) in [7, 11) is 1.60. The predicted octanol–water partition coefficient (Wildman–Crippen LogP) is 4.82. The Kier molecular flexibility index (Phi) is 4.01. The van der Waals surface area contributed by atoms with Crippen LogP contribution >= 0.6 is 0 Å². The smallest absolute Gasteiger partial charge is 0.153 e. The molecule has 0 bridgehead atoms. The van der Waals surface area contributed by atoms with Crippen molar-refractivity contribution < 1.29 is 9.13 Å². The SMILES string of the molecule is COc1ccc2cc(Nc3cc(C)[nH]n3)nc(-c3ccccc3F)c2c1. The second-order valence-electron chi connectivity index (χ2n) is 5.98. The van der Waals surface area contributed by atoms with Gasteiger partial charge in [0.05, 0.1) is 12.8 Å². The number of nitrogens with zero attached hydrogens (tertiary/aromatic N) is 2. The fourth-order valence-electron chi connectivity index (χ4n) is 2.89. The number of nitrogens with one attached hydrogen (secondary N) is 2. The quantitative estimate of drug-likeness (QED) is 0.555. The first-order valence-electron chi connectivity index (χ1n) is 8.17. The zero-order valence-corrected chi connectivity index (χ0v) is 14.4. The first-order chi connectivity index (χ1) is 12.6. The molecule has 0 saturated carbocycles. The Bertz CT molecular complexity index is 1090. The van der Waals surface area contributed by atoms with E-state index < -0.39 is 0 Å². The fourth-order valence-corrected chi connectivity index (χ4v) is 2.89. The number of hydrogen-bond acceptors (Lipinski definition) is 4. The van der Waals surface area contributed by atoms with Gasteiger partial charge < -0.3 is 10.1 Å². The van der Waals surface area contributed by atoms with Crippen LogP contribution in [-0.4, -0.2) is 22.3 Å². The maximum Gasteiger partial charge on any atom is 0.153 e. The number of aromatic amines is 1. The van der Waals surface area contributed by atoms with Gasteiger partial charge in [-0.1, -0.05) is 18.2 Å². The Morgan fingerprint density at radius 3 is 2.62 bits per heavy atom. The van der Waals surface area contributed by atoms with E-state index in [0.29, 0.717) is 28.6 Å². The summed E-state index contributed by atoms with van der Waals surface area (Å²) >= 11 is 0. The molecule has 2 heterocycles. The number of H-pyrrole nitrogens is 1.